The molecule has 0 saturated heterocycles. The highest BCUT2D eigenvalue weighted by Crippen LogP contribution is 2.25. The van der Waals surface area contributed by atoms with Gasteiger partial charge in [0.25, 0.3) is 0 Å². The molecule has 0 aliphatic heterocycles. The summed E-state index contributed by atoms with van der Waals surface area (Å²) < 4.78 is 31.1. The molecule has 3 aromatic carbocycles. The van der Waals surface area contributed by atoms with Crippen LogP contribution >= 0.6 is 0 Å². The van der Waals surface area contributed by atoms with Crippen LogP contribution in [-0.2, 0) is 21.4 Å². The zero-order valence-corrected chi connectivity index (χ0v) is 17.4. The van der Waals surface area contributed by atoms with Gasteiger partial charge in [-0.3, -0.25) is 9.10 Å². The average Bonchev–Trinajstić information content (AvgIpc) is 2.71. The summed E-state index contributed by atoms with van der Waals surface area (Å²) >= 11 is 0. The number of amides is 1. The Hall–Kier alpha value is -3.06. The van der Waals surface area contributed by atoms with Gasteiger partial charge in [-0.1, -0.05) is 42.5 Å². The summed E-state index contributed by atoms with van der Waals surface area (Å²) in [5.41, 5.74) is 1.32. The van der Waals surface area contributed by atoms with Crippen molar-refractivity contribution in [2.45, 2.75) is 19.5 Å². The van der Waals surface area contributed by atoms with E-state index in [2.05, 4.69) is 5.32 Å². The summed E-state index contributed by atoms with van der Waals surface area (Å²) in [5.74, 6) is 0.131. The van der Waals surface area contributed by atoms with Crippen LogP contribution in [0.4, 0.5) is 5.69 Å². The summed E-state index contributed by atoms with van der Waals surface area (Å²) in [7, 11) is -2.18. The maximum Gasteiger partial charge on any atom is 0.243 e. The summed E-state index contributed by atoms with van der Waals surface area (Å²) in [5, 5.41) is 5.05. The molecule has 0 fully saturated rings. The van der Waals surface area contributed by atoms with E-state index in [1.54, 1.807) is 31.2 Å². The van der Waals surface area contributed by atoms with Crippen molar-refractivity contribution in [3.63, 3.8) is 0 Å². The Morgan fingerprint density at radius 2 is 1.76 bits per heavy atom. The molecule has 0 spiro atoms. The third-order valence-corrected chi connectivity index (χ3v) is 5.92. The Morgan fingerprint density at radius 3 is 2.45 bits per heavy atom. The molecule has 1 atom stereocenters. The van der Waals surface area contributed by atoms with E-state index in [0.717, 1.165) is 26.9 Å². The van der Waals surface area contributed by atoms with Gasteiger partial charge >= 0.3 is 0 Å². The Labute approximate surface area is 171 Å². The van der Waals surface area contributed by atoms with Crippen LogP contribution in [0.2, 0.25) is 0 Å². The van der Waals surface area contributed by atoms with Crippen molar-refractivity contribution in [2.75, 3.05) is 17.7 Å². The van der Waals surface area contributed by atoms with E-state index in [-0.39, 0.29) is 5.91 Å². The first-order valence-corrected chi connectivity index (χ1v) is 11.0. The molecule has 0 radical (unpaired) electrons. The van der Waals surface area contributed by atoms with Gasteiger partial charge in [0.1, 0.15) is 11.8 Å². The predicted molar refractivity (Wildman–Crippen MR) is 116 cm³/mol. The SMILES string of the molecule is COc1cccc(N([C@@H](C)C(=O)NCc2ccc3ccccc3c2)S(C)(=O)=O)c1. The van der Waals surface area contributed by atoms with Gasteiger partial charge in [0.2, 0.25) is 15.9 Å². The van der Waals surface area contributed by atoms with E-state index in [4.69, 9.17) is 4.74 Å². The number of carbonyl (C=O) groups excluding carboxylic acids is 1. The highest BCUT2D eigenvalue weighted by molar-refractivity contribution is 7.92. The van der Waals surface area contributed by atoms with Gasteiger partial charge in [0, 0.05) is 12.6 Å². The van der Waals surface area contributed by atoms with Crippen LogP contribution in [0.15, 0.2) is 66.7 Å². The molecular formula is C22H24N2O4S. The summed E-state index contributed by atoms with van der Waals surface area (Å²) in [4.78, 5) is 12.7. The molecule has 0 bridgehead atoms. The van der Waals surface area contributed by atoms with E-state index >= 15 is 0 Å². The maximum absolute atomic E-state index is 12.7. The molecule has 0 aromatic heterocycles. The van der Waals surface area contributed by atoms with Gasteiger partial charge in [-0.05, 0) is 41.5 Å². The van der Waals surface area contributed by atoms with E-state index in [9.17, 15) is 13.2 Å². The topological polar surface area (TPSA) is 75.7 Å². The molecule has 152 valence electrons. The lowest BCUT2D eigenvalue weighted by Gasteiger charge is -2.28. The van der Waals surface area contributed by atoms with Gasteiger partial charge < -0.3 is 10.1 Å². The molecule has 0 aliphatic carbocycles. The van der Waals surface area contributed by atoms with Crippen LogP contribution in [0, 0.1) is 0 Å². The Balaban J connectivity index is 1.78. The van der Waals surface area contributed by atoms with Gasteiger partial charge in [-0.15, -0.1) is 0 Å². The maximum atomic E-state index is 12.7. The number of fused-ring (bicyclic) bond motifs is 1. The largest absolute Gasteiger partial charge is 0.497 e. The van der Waals surface area contributed by atoms with Crippen molar-refractivity contribution < 1.29 is 17.9 Å². The molecule has 0 unspecified atom stereocenters. The number of hydrogen-bond donors (Lipinski definition) is 1. The summed E-state index contributed by atoms with van der Waals surface area (Å²) in [6, 6.07) is 19.6. The van der Waals surface area contributed by atoms with Crippen molar-refractivity contribution in [1.82, 2.24) is 5.32 Å². The van der Waals surface area contributed by atoms with Crippen molar-refractivity contribution >= 4 is 32.4 Å². The van der Waals surface area contributed by atoms with Crippen LogP contribution in [0.25, 0.3) is 10.8 Å². The minimum Gasteiger partial charge on any atom is -0.497 e. The molecule has 1 N–H and O–H groups in total. The fourth-order valence-corrected chi connectivity index (χ4v) is 4.41. The van der Waals surface area contributed by atoms with Crippen molar-refractivity contribution in [3.05, 3.63) is 72.3 Å². The van der Waals surface area contributed by atoms with Gasteiger partial charge in [0.05, 0.1) is 19.1 Å². The fourth-order valence-electron chi connectivity index (χ4n) is 3.24. The summed E-state index contributed by atoms with van der Waals surface area (Å²) in [6.07, 6.45) is 1.08. The van der Waals surface area contributed by atoms with Crippen molar-refractivity contribution in [1.29, 1.82) is 0 Å². The number of ether oxygens (including phenoxy) is 1. The lowest BCUT2D eigenvalue weighted by atomic mass is 10.1. The first-order valence-electron chi connectivity index (χ1n) is 9.18. The van der Waals surface area contributed by atoms with Crippen LogP contribution in [0.3, 0.4) is 0 Å². The van der Waals surface area contributed by atoms with Gasteiger partial charge in [-0.25, -0.2) is 8.42 Å². The Bertz CT molecular complexity index is 1130. The minimum atomic E-state index is -3.68. The third kappa shape index (κ3) is 4.86. The van der Waals surface area contributed by atoms with E-state index in [1.165, 1.54) is 7.11 Å². The number of methoxy groups -OCH3 is 1. The quantitative estimate of drug-likeness (QED) is 0.646. The van der Waals surface area contributed by atoms with E-state index < -0.39 is 16.1 Å². The highest BCUT2D eigenvalue weighted by Gasteiger charge is 2.29. The minimum absolute atomic E-state index is 0.309. The predicted octanol–water partition coefficient (Wildman–Crippen LogP) is 3.32. The highest BCUT2D eigenvalue weighted by atomic mass is 32.2. The second-order valence-electron chi connectivity index (χ2n) is 6.84. The molecule has 0 aliphatic rings. The van der Waals surface area contributed by atoms with Gasteiger partial charge in [0.15, 0.2) is 0 Å². The molecule has 6 nitrogen and oxygen atoms in total. The Morgan fingerprint density at radius 1 is 1.03 bits per heavy atom. The molecule has 7 heteroatoms. The van der Waals surface area contributed by atoms with E-state index in [0.29, 0.717) is 18.0 Å². The zero-order valence-electron chi connectivity index (χ0n) is 16.6. The molecule has 1 amide bonds. The number of carbonyl (C=O) groups is 1. The van der Waals surface area contributed by atoms with Crippen LogP contribution < -0.4 is 14.4 Å². The van der Waals surface area contributed by atoms with Crippen LogP contribution in [0.5, 0.6) is 5.75 Å². The molecule has 0 heterocycles. The number of sulfonamides is 1. The third-order valence-electron chi connectivity index (χ3n) is 4.68. The number of nitrogens with one attached hydrogen (secondary N) is 1. The Kier molecular flexibility index (Phi) is 6.08. The van der Waals surface area contributed by atoms with Crippen LogP contribution in [-0.4, -0.2) is 33.7 Å². The fraction of sp³-hybridized carbons (Fsp3) is 0.227. The lowest BCUT2D eigenvalue weighted by Crippen LogP contribution is -2.47. The first-order chi connectivity index (χ1) is 13.8. The molecule has 29 heavy (non-hydrogen) atoms. The first kappa shape index (κ1) is 20.7. The second-order valence-corrected chi connectivity index (χ2v) is 8.70. The molecule has 3 rings (SSSR count). The standard InChI is InChI=1S/C22H24N2O4S/c1-16(24(29(3,26)27)20-9-6-10-21(14-20)28-2)22(25)23-15-17-11-12-18-7-4-5-8-19(18)13-17/h4-14,16H,15H2,1-3H3,(H,23,25)/t16-/m0/s1. The zero-order chi connectivity index (χ0) is 21.0. The van der Waals surface area contributed by atoms with Crippen molar-refractivity contribution in [2.24, 2.45) is 0 Å². The van der Waals surface area contributed by atoms with Crippen molar-refractivity contribution in [3.8, 4) is 5.75 Å². The monoisotopic (exact) mass is 412 g/mol. The number of hydrogen-bond acceptors (Lipinski definition) is 4. The smallest absolute Gasteiger partial charge is 0.243 e. The average molecular weight is 413 g/mol. The summed E-state index contributed by atoms with van der Waals surface area (Å²) in [6.45, 7) is 1.87. The van der Waals surface area contributed by atoms with E-state index in [1.807, 2.05) is 42.5 Å². The second kappa shape index (κ2) is 8.53. The normalized spacial score (nSPS) is 12.4. The number of anilines is 1. The molecule has 0 saturated carbocycles. The number of nitrogens with zero attached hydrogens (tertiary/aromatic N) is 1. The molecular weight excluding hydrogens is 388 g/mol. The number of rotatable bonds is 7. The lowest BCUT2D eigenvalue weighted by molar-refractivity contribution is -0.122. The number of benzene rings is 3. The van der Waals surface area contributed by atoms with Gasteiger partial charge in [-0.2, -0.15) is 0 Å². The van der Waals surface area contributed by atoms with Crippen LogP contribution in [0.1, 0.15) is 12.5 Å². The molecule has 3 aromatic rings.